The first-order valence-corrected chi connectivity index (χ1v) is 12.7. The maximum absolute atomic E-state index is 12.8. The summed E-state index contributed by atoms with van der Waals surface area (Å²) in [6.07, 6.45) is 0. The standard InChI is InChI=1S/C28H26ClN7O/c1-19-6-5-9-21(16-19)25-32-33-26-23-11-10-22(29)17-24(23)31-27(36(25)26)34-12-14-35(15-13-34)28(37)30-18-20-7-3-2-4-8-20/h2-11,16-17H,12-15,18H2,1H3,(H,30,37). The zero-order chi connectivity index (χ0) is 25.4. The highest BCUT2D eigenvalue weighted by atomic mass is 35.5. The average Bonchev–Trinajstić information content (AvgIpc) is 3.37. The van der Waals surface area contributed by atoms with Crippen LogP contribution in [0.1, 0.15) is 11.1 Å². The quantitative estimate of drug-likeness (QED) is 0.370. The van der Waals surface area contributed by atoms with Gasteiger partial charge in [0.15, 0.2) is 11.5 Å². The van der Waals surface area contributed by atoms with Gasteiger partial charge in [0.05, 0.1) is 5.52 Å². The molecule has 0 unspecified atom stereocenters. The van der Waals surface area contributed by atoms with E-state index < -0.39 is 0 Å². The summed E-state index contributed by atoms with van der Waals surface area (Å²) in [4.78, 5) is 21.9. The number of hydrogen-bond donors (Lipinski definition) is 1. The molecule has 0 aliphatic carbocycles. The monoisotopic (exact) mass is 511 g/mol. The van der Waals surface area contributed by atoms with Crippen LogP contribution in [0.25, 0.3) is 27.9 Å². The van der Waals surface area contributed by atoms with Crippen LogP contribution in [0.5, 0.6) is 0 Å². The van der Waals surface area contributed by atoms with Gasteiger partial charge in [0, 0.05) is 48.7 Å². The van der Waals surface area contributed by atoms with E-state index in [1.54, 1.807) is 0 Å². The molecule has 1 fully saturated rings. The van der Waals surface area contributed by atoms with E-state index in [0.29, 0.717) is 37.7 Å². The number of rotatable bonds is 4. The van der Waals surface area contributed by atoms with Gasteiger partial charge in [-0.05, 0) is 36.8 Å². The molecule has 6 rings (SSSR count). The number of amides is 2. The summed E-state index contributed by atoms with van der Waals surface area (Å²) < 4.78 is 2.02. The molecular weight excluding hydrogens is 486 g/mol. The second-order valence-corrected chi connectivity index (χ2v) is 9.68. The van der Waals surface area contributed by atoms with Crippen LogP contribution in [0.3, 0.4) is 0 Å². The van der Waals surface area contributed by atoms with Crippen molar-refractivity contribution < 1.29 is 4.79 Å². The Hall–Kier alpha value is -4.17. The van der Waals surface area contributed by atoms with Gasteiger partial charge in [0.25, 0.3) is 0 Å². The van der Waals surface area contributed by atoms with Crippen LogP contribution in [0.15, 0.2) is 72.8 Å². The second kappa shape index (κ2) is 9.71. The van der Waals surface area contributed by atoms with Crippen molar-refractivity contribution in [3.63, 3.8) is 0 Å². The molecule has 3 heterocycles. The Bertz CT molecular complexity index is 1590. The Morgan fingerprint density at radius 3 is 2.54 bits per heavy atom. The predicted octanol–water partition coefficient (Wildman–Crippen LogP) is 4.94. The lowest BCUT2D eigenvalue weighted by atomic mass is 10.1. The number of nitrogens with one attached hydrogen (secondary N) is 1. The van der Waals surface area contributed by atoms with E-state index in [1.807, 2.05) is 70.0 Å². The van der Waals surface area contributed by atoms with Crippen LogP contribution in [0.4, 0.5) is 10.7 Å². The highest BCUT2D eigenvalue weighted by molar-refractivity contribution is 6.31. The van der Waals surface area contributed by atoms with Crippen molar-refractivity contribution in [2.24, 2.45) is 0 Å². The highest BCUT2D eigenvalue weighted by Gasteiger charge is 2.26. The molecule has 1 aliphatic rings. The number of carbonyl (C=O) groups excluding carboxylic acids is 1. The van der Waals surface area contributed by atoms with Crippen molar-refractivity contribution in [3.8, 4) is 11.4 Å². The van der Waals surface area contributed by atoms with Crippen molar-refractivity contribution >= 4 is 40.1 Å². The minimum Gasteiger partial charge on any atom is -0.338 e. The number of aromatic nitrogens is 4. The molecule has 1 N–H and O–H groups in total. The number of hydrogen-bond acceptors (Lipinski definition) is 5. The maximum atomic E-state index is 12.8. The second-order valence-electron chi connectivity index (χ2n) is 9.24. The van der Waals surface area contributed by atoms with Gasteiger partial charge in [-0.25, -0.2) is 14.2 Å². The molecule has 37 heavy (non-hydrogen) atoms. The smallest absolute Gasteiger partial charge is 0.317 e. The number of halogens is 1. The fraction of sp³-hybridized carbons (Fsp3) is 0.214. The molecule has 0 spiro atoms. The number of urea groups is 1. The number of fused-ring (bicyclic) bond motifs is 3. The fourth-order valence-electron chi connectivity index (χ4n) is 4.77. The zero-order valence-electron chi connectivity index (χ0n) is 20.4. The molecule has 2 aromatic heterocycles. The topological polar surface area (TPSA) is 78.7 Å². The summed E-state index contributed by atoms with van der Waals surface area (Å²) in [5, 5.41) is 13.7. The molecule has 0 saturated carbocycles. The van der Waals surface area contributed by atoms with Gasteiger partial charge >= 0.3 is 6.03 Å². The van der Waals surface area contributed by atoms with Gasteiger partial charge in [-0.2, -0.15) is 0 Å². The van der Waals surface area contributed by atoms with E-state index >= 15 is 0 Å². The Balaban J connectivity index is 1.31. The van der Waals surface area contributed by atoms with Gasteiger partial charge in [-0.15, -0.1) is 10.2 Å². The van der Waals surface area contributed by atoms with Gasteiger partial charge in [0.1, 0.15) is 0 Å². The Morgan fingerprint density at radius 2 is 1.76 bits per heavy atom. The zero-order valence-corrected chi connectivity index (χ0v) is 21.2. The van der Waals surface area contributed by atoms with Gasteiger partial charge in [-0.3, -0.25) is 0 Å². The third-order valence-electron chi connectivity index (χ3n) is 6.70. The van der Waals surface area contributed by atoms with Crippen LogP contribution in [-0.2, 0) is 6.54 Å². The van der Waals surface area contributed by atoms with Gasteiger partial charge < -0.3 is 15.1 Å². The minimum atomic E-state index is -0.0587. The van der Waals surface area contributed by atoms with Crippen LogP contribution in [0, 0.1) is 6.92 Å². The summed E-state index contributed by atoms with van der Waals surface area (Å²) in [7, 11) is 0. The lowest BCUT2D eigenvalue weighted by Gasteiger charge is -2.35. The summed E-state index contributed by atoms with van der Waals surface area (Å²) in [5.74, 6) is 1.48. The molecule has 0 atom stereocenters. The molecule has 3 aromatic carbocycles. The molecule has 8 nitrogen and oxygen atoms in total. The van der Waals surface area contributed by atoms with E-state index in [1.165, 1.54) is 0 Å². The van der Waals surface area contributed by atoms with Crippen molar-refractivity contribution in [1.82, 2.24) is 29.8 Å². The molecule has 0 bridgehead atoms. The Labute approximate surface area is 219 Å². The largest absolute Gasteiger partial charge is 0.338 e. The molecule has 1 saturated heterocycles. The van der Waals surface area contributed by atoms with Crippen LogP contribution in [-0.4, -0.2) is 56.7 Å². The van der Waals surface area contributed by atoms with Crippen molar-refractivity contribution in [2.75, 3.05) is 31.1 Å². The number of aryl methyl sites for hydroxylation is 1. The normalized spacial score (nSPS) is 13.9. The van der Waals surface area contributed by atoms with Crippen LogP contribution < -0.4 is 10.2 Å². The third kappa shape index (κ3) is 4.56. The van der Waals surface area contributed by atoms with E-state index in [9.17, 15) is 4.79 Å². The first-order chi connectivity index (χ1) is 18.1. The molecule has 186 valence electrons. The Morgan fingerprint density at radius 1 is 0.946 bits per heavy atom. The Kier molecular flexibility index (Phi) is 6.10. The predicted molar refractivity (Wildman–Crippen MR) is 146 cm³/mol. The average molecular weight is 512 g/mol. The molecule has 0 radical (unpaired) electrons. The molecule has 9 heteroatoms. The van der Waals surface area contributed by atoms with Crippen LogP contribution in [0.2, 0.25) is 5.02 Å². The van der Waals surface area contributed by atoms with Crippen molar-refractivity contribution in [2.45, 2.75) is 13.5 Å². The summed E-state index contributed by atoms with van der Waals surface area (Å²) in [5.41, 5.74) is 4.69. The van der Waals surface area contributed by atoms with E-state index in [4.69, 9.17) is 16.6 Å². The first kappa shape index (κ1) is 23.2. The lowest BCUT2D eigenvalue weighted by molar-refractivity contribution is 0.193. The fourth-order valence-corrected chi connectivity index (χ4v) is 4.94. The molecular formula is C28H26ClN7O. The summed E-state index contributed by atoms with van der Waals surface area (Å²) in [6, 6.07) is 23.7. The summed E-state index contributed by atoms with van der Waals surface area (Å²) in [6.45, 7) is 5.01. The highest BCUT2D eigenvalue weighted by Crippen LogP contribution is 2.30. The van der Waals surface area contributed by atoms with Gasteiger partial charge in [-0.1, -0.05) is 65.7 Å². The summed E-state index contributed by atoms with van der Waals surface area (Å²) >= 11 is 6.31. The number of carbonyl (C=O) groups is 1. The first-order valence-electron chi connectivity index (χ1n) is 12.3. The van der Waals surface area contributed by atoms with E-state index in [2.05, 4.69) is 39.5 Å². The van der Waals surface area contributed by atoms with E-state index in [-0.39, 0.29) is 6.03 Å². The molecule has 1 aliphatic heterocycles. The lowest BCUT2D eigenvalue weighted by Crippen LogP contribution is -2.52. The SMILES string of the molecule is Cc1cccc(-c2nnc3c4ccc(Cl)cc4nc(N4CCN(C(=O)NCc5ccccc5)CC4)n23)c1. The van der Waals surface area contributed by atoms with Crippen molar-refractivity contribution in [3.05, 3.63) is 88.9 Å². The minimum absolute atomic E-state index is 0.0587. The van der Waals surface area contributed by atoms with E-state index in [0.717, 1.165) is 45.0 Å². The van der Waals surface area contributed by atoms with Gasteiger partial charge in [0.2, 0.25) is 5.95 Å². The third-order valence-corrected chi connectivity index (χ3v) is 6.93. The number of piperazine rings is 1. The maximum Gasteiger partial charge on any atom is 0.317 e. The van der Waals surface area contributed by atoms with Crippen LogP contribution >= 0.6 is 11.6 Å². The number of anilines is 1. The molecule has 5 aromatic rings. The number of nitrogens with zero attached hydrogens (tertiary/aromatic N) is 6. The molecule has 2 amide bonds. The van der Waals surface area contributed by atoms with Crippen molar-refractivity contribution in [1.29, 1.82) is 0 Å². The number of benzene rings is 3.